The van der Waals surface area contributed by atoms with Crippen LogP contribution in [-0.4, -0.2) is 3.21 Å². The van der Waals surface area contributed by atoms with Crippen molar-refractivity contribution in [1.29, 1.82) is 0 Å². The molecule has 0 amide bonds. The average molecular weight is 849 g/mol. The number of fused-ring (bicyclic) bond motifs is 3. The standard InChI is InChI=1S/C21H25.C15H8F6.C8H11.2ClH.Zr/c1-20(2,3)16-9-7-14-11-15-8-10-17(21(4,5)6)13-19(15)18(14)12-16;16-14(17,18)12-5-1-3-10(8-12)7-11-4-2-6-13(9-11)15(19,20)21;1-6-4-7(2)8(3)5-6;;;/h7-13H,1-6H3;1-6,8-9H;4,6H,1-3H3;2*1H;/q-1;;-1;;;+2/p-2. The Morgan fingerprint density at radius 1 is 0.604 bits per heavy atom. The first-order chi connectivity index (χ1) is 23.4. The number of hydrogen-bond donors (Lipinski definition) is 0. The first kappa shape index (κ1) is 46.3. The number of hydrogen-bond acceptors (Lipinski definition) is 0. The van der Waals surface area contributed by atoms with E-state index in [1.165, 1.54) is 68.1 Å². The van der Waals surface area contributed by atoms with Gasteiger partial charge in [-0.3, -0.25) is 6.08 Å². The molecule has 0 fully saturated rings. The Bertz CT molecular complexity index is 1960. The molecule has 0 saturated heterocycles. The van der Waals surface area contributed by atoms with E-state index in [9.17, 15) is 26.3 Å². The molecular formula is C44H44Cl2F6Zr-2. The minimum atomic E-state index is -4.49. The summed E-state index contributed by atoms with van der Waals surface area (Å²) in [6, 6.07) is 25.3. The Hall–Kier alpha value is -2.86. The van der Waals surface area contributed by atoms with E-state index in [1.807, 2.05) is 0 Å². The molecule has 0 N–H and O–H groups in total. The first-order valence-corrected chi connectivity index (χ1v) is 18.0. The molecule has 1 aliphatic carbocycles. The Morgan fingerprint density at radius 2 is 1.00 bits per heavy atom. The van der Waals surface area contributed by atoms with Crippen LogP contribution in [0.3, 0.4) is 0 Å². The monoisotopic (exact) mass is 846 g/mol. The van der Waals surface area contributed by atoms with Crippen LogP contribution in [-0.2, 0) is 47.4 Å². The Kier molecular flexibility index (Phi) is 15.5. The van der Waals surface area contributed by atoms with Crippen molar-refractivity contribution in [1.82, 2.24) is 0 Å². The second kappa shape index (κ2) is 17.7. The van der Waals surface area contributed by atoms with Gasteiger partial charge in [0.2, 0.25) is 0 Å². The summed E-state index contributed by atoms with van der Waals surface area (Å²) in [5, 5.41) is 5.49. The van der Waals surface area contributed by atoms with Gasteiger partial charge in [-0.1, -0.05) is 96.7 Å². The van der Waals surface area contributed by atoms with Gasteiger partial charge in [0.05, 0.1) is 0 Å². The molecule has 0 saturated carbocycles. The molecule has 1 aliphatic rings. The summed E-state index contributed by atoms with van der Waals surface area (Å²) in [5.74, 6) is 0.551. The summed E-state index contributed by atoms with van der Waals surface area (Å²) in [5.41, 5.74) is 4.80. The van der Waals surface area contributed by atoms with E-state index in [0.717, 1.165) is 48.5 Å². The summed E-state index contributed by atoms with van der Waals surface area (Å²) >= 11 is 0.729. The minimum absolute atomic E-state index is 0. The second-order valence-corrected chi connectivity index (χ2v) is 16.4. The molecule has 0 bridgehead atoms. The summed E-state index contributed by atoms with van der Waals surface area (Å²) in [6.07, 6.45) is -3.45. The van der Waals surface area contributed by atoms with Crippen molar-refractivity contribution in [2.24, 2.45) is 5.92 Å². The van der Waals surface area contributed by atoms with Crippen molar-refractivity contribution < 1.29 is 75.4 Å². The predicted octanol–water partition coefficient (Wildman–Crippen LogP) is 7.49. The third-order valence-electron chi connectivity index (χ3n) is 8.93. The number of alkyl halides is 6. The quantitative estimate of drug-likeness (QED) is 0.128. The molecule has 6 rings (SSSR count). The summed E-state index contributed by atoms with van der Waals surface area (Å²) in [7, 11) is 0. The van der Waals surface area contributed by atoms with Crippen molar-refractivity contribution >= 4 is 24.8 Å². The second-order valence-electron chi connectivity index (χ2n) is 15.2. The van der Waals surface area contributed by atoms with E-state index in [4.69, 9.17) is 0 Å². The zero-order valence-electron chi connectivity index (χ0n) is 31.3. The van der Waals surface area contributed by atoms with Gasteiger partial charge in [-0.2, -0.15) is 6.08 Å². The molecule has 1 unspecified atom stereocenters. The summed E-state index contributed by atoms with van der Waals surface area (Å²) in [6.45, 7) is 20.1. The van der Waals surface area contributed by atoms with Gasteiger partial charge >= 0.3 is 137 Å². The van der Waals surface area contributed by atoms with Crippen molar-refractivity contribution in [3.63, 3.8) is 0 Å². The predicted molar refractivity (Wildman–Crippen MR) is 196 cm³/mol. The Labute approximate surface area is 337 Å². The van der Waals surface area contributed by atoms with Crippen LogP contribution in [0.15, 0.2) is 108 Å². The van der Waals surface area contributed by atoms with Crippen LogP contribution >= 0.6 is 0 Å². The maximum absolute atomic E-state index is 12.7. The number of allylic oxidation sites excluding steroid dienone is 4. The normalized spacial score (nSPS) is 14.5. The Balaban J connectivity index is 0.000000295. The molecular weight excluding hydrogens is 805 g/mol. The fourth-order valence-electron chi connectivity index (χ4n) is 5.80. The molecule has 1 atom stereocenters. The van der Waals surface area contributed by atoms with E-state index in [0.29, 0.717) is 9.12 Å². The van der Waals surface area contributed by atoms with Gasteiger partial charge in [0.1, 0.15) is 0 Å². The molecule has 5 aromatic carbocycles. The van der Waals surface area contributed by atoms with Gasteiger partial charge in [-0.05, 0) is 10.8 Å². The fourth-order valence-corrected chi connectivity index (χ4v) is 6.56. The van der Waals surface area contributed by atoms with Crippen molar-refractivity contribution in [3.05, 3.63) is 148 Å². The van der Waals surface area contributed by atoms with E-state index in [-0.39, 0.29) is 46.8 Å². The van der Waals surface area contributed by atoms with Gasteiger partial charge < -0.3 is 24.8 Å². The van der Waals surface area contributed by atoms with Crippen LogP contribution in [0.4, 0.5) is 26.3 Å². The third kappa shape index (κ3) is 12.1. The molecule has 9 heteroatoms. The average Bonchev–Trinajstić information content (AvgIpc) is 3.55. The van der Waals surface area contributed by atoms with Gasteiger partial charge in [0.25, 0.3) is 0 Å². The van der Waals surface area contributed by atoms with Gasteiger partial charge in [-0.25, -0.2) is 11.1 Å². The van der Waals surface area contributed by atoms with Crippen molar-refractivity contribution in [2.45, 2.75) is 85.5 Å². The van der Waals surface area contributed by atoms with E-state index in [2.05, 4.69) is 117 Å². The molecule has 0 radical (unpaired) electrons. The summed E-state index contributed by atoms with van der Waals surface area (Å²) in [4.78, 5) is 0. The Morgan fingerprint density at radius 3 is 1.28 bits per heavy atom. The zero-order valence-corrected chi connectivity index (χ0v) is 35.3. The minimum Gasteiger partial charge on any atom is -1.00 e. The van der Waals surface area contributed by atoms with Gasteiger partial charge in [0.15, 0.2) is 0 Å². The number of halogens is 8. The molecule has 0 spiro atoms. The number of rotatable bonds is 2. The van der Waals surface area contributed by atoms with Crippen LogP contribution in [0.5, 0.6) is 0 Å². The van der Waals surface area contributed by atoms with Crippen LogP contribution in [0, 0.1) is 12.0 Å². The molecule has 0 aromatic heterocycles. The zero-order chi connectivity index (χ0) is 38.1. The molecule has 0 aliphatic heterocycles. The molecule has 282 valence electrons. The van der Waals surface area contributed by atoms with E-state index in [1.54, 1.807) is 0 Å². The van der Waals surface area contributed by atoms with Crippen molar-refractivity contribution in [2.75, 3.05) is 0 Å². The van der Waals surface area contributed by atoms with Crippen LogP contribution in [0.1, 0.15) is 95.7 Å². The van der Waals surface area contributed by atoms with E-state index >= 15 is 0 Å². The van der Waals surface area contributed by atoms with Crippen LogP contribution in [0.2, 0.25) is 0 Å². The maximum Gasteiger partial charge on any atom is -1.00 e. The van der Waals surface area contributed by atoms with Gasteiger partial charge in [-0.15, -0.1) is 46.7 Å². The van der Waals surface area contributed by atoms with Crippen molar-refractivity contribution in [3.8, 4) is 0 Å². The summed E-state index contributed by atoms with van der Waals surface area (Å²) < 4.78 is 76.7. The SMILES string of the molecule is CC(C)(C)c1ccc2[cH-]c3ccc(C(C)(C)C)cc3c2c1.CC1=[C-]C(C)C=C1C.FC(F)(F)c1cccc([C](=[Zr+2])c2cccc(C(F)(F)F)c2)c1.[Cl-].[Cl-]. The number of benzene rings is 4. The van der Waals surface area contributed by atoms with Gasteiger partial charge in [0, 0.05) is 0 Å². The molecule has 5 aromatic rings. The van der Waals surface area contributed by atoms with E-state index < -0.39 is 23.5 Å². The van der Waals surface area contributed by atoms with Crippen LogP contribution in [0.25, 0.3) is 21.5 Å². The largest absolute Gasteiger partial charge is 1.00 e. The maximum atomic E-state index is 12.7. The molecule has 0 nitrogen and oxygen atoms in total. The third-order valence-corrected chi connectivity index (χ3v) is 10.4. The topological polar surface area (TPSA) is 0 Å². The first-order valence-electron chi connectivity index (χ1n) is 16.8. The molecule has 0 heterocycles. The molecule has 53 heavy (non-hydrogen) atoms. The van der Waals surface area contributed by atoms with Crippen LogP contribution < -0.4 is 24.8 Å². The fraction of sp³-hybridized carbons (Fsp3) is 0.318. The smallest absolute Gasteiger partial charge is 1.00 e.